The lowest BCUT2D eigenvalue weighted by molar-refractivity contribution is -0.139. The van der Waals surface area contributed by atoms with E-state index in [1.54, 1.807) is 30.5 Å². The molecular formula is C23H19ClN2O3S. The van der Waals surface area contributed by atoms with Crippen LogP contribution in [0.5, 0.6) is 0 Å². The molecule has 0 unspecified atom stereocenters. The first-order valence-electron chi connectivity index (χ1n) is 9.49. The molecule has 0 saturated heterocycles. The third kappa shape index (κ3) is 3.76. The lowest BCUT2D eigenvalue weighted by Gasteiger charge is -2.24. The summed E-state index contributed by atoms with van der Waals surface area (Å²) in [4.78, 5) is 31.3. The number of halogens is 1. The Bertz CT molecular complexity index is 1310. The molecular weight excluding hydrogens is 420 g/mol. The fourth-order valence-corrected chi connectivity index (χ4v) is 4.63. The molecule has 152 valence electrons. The van der Waals surface area contributed by atoms with Crippen LogP contribution in [0.1, 0.15) is 31.0 Å². The molecule has 0 saturated carbocycles. The second-order valence-corrected chi connectivity index (χ2v) is 8.21. The minimum Gasteiger partial charge on any atom is -0.463 e. The number of fused-ring (bicyclic) bond motifs is 1. The van der Waals surface area contributed by atoms with Gasteiger partial charge in [-0.1, -0.05) is 65.4 Å². The number of allylic oxidation sites excluding steroid dienone is 1. The zero-order chi connectivity index (χ0) is 21.3. The molecule has 30 heavy (non-hydrogen) atoms. The highest BCUT2D eigenvalue weighted by molar-refractivity contribution is 7.07. The SMILES string of the molecule is CCOC(=O)C1=C(C)N=c2s/c(=C\c3ccc(Cl)cc3)c(=O)n2[C@H]1c1ccccc1. The normalized spacial score (nSPS) is 16.2. The summed E-state index contributed by atoms with van der Waals surface area (Å²) in [5, 5.41) is 0.632. The summed E-state index contributed by atoms with van der Waals surface area (Å²) in [6, 6.07) is 16.1. The van der Waals surface area contributed by atoms with Gasteiger partial charge in [-0.15, -0.1) is 0 Å². The van der Waals surface area contributed by atoms with Gasteiger partial charge in [-0.3, -0.25) is 9.36 Å². The van der Waals surface area contributed by atoms with Crippen molar-refractivity contribution >= 4 is 35.0 Å². The van der Waals surface area contributed by atoms with Gasteiger partial charge in [-0.2, -0.15) is 0 Å². The van der Waals surface area contributed by atoms with E-state index in [1.165, 1.54) is 11.3 Å². The molecule has 1 aromatic heterocycles. The Labute approximate surface area is 182 Å². The van der Waals surface area contributed by atoms with Crippen molar-refractivity contribution in [3.05, 3.63) is 102 Å². The van der Waals surface area contributed by atoms with Gasteiger partial charge in [-0.05, 0) is 43.2 Å². The minimum absolute atomic E-state index is 0.197. The summed E-state index contributed by atoms with van der Waals surface area (Å²) in [5.41, 5.74) is 2.43. The molecule has 2 aromatic carbocycles. The van der Waals surface area contributed by atoms with E-state index in [1.807, 2.05) is 48.5 Å². The van der Waals surface area contributed by atoms with Gasteiger partial charge in [0.1, 0.15) is 0 Å². The molecule has 0 aliphatic carbocycles. The van der Waals surface area contributed by atoms with Gasteiger partial charge in [0.2, 0.25) is 0 Å². The molecule has 0 fully saturated rings. The number of hydrogen-bond donors (Lipinski definition) is 0. The van der Waals surface area contributed by atoms with Crippen molar-refractivity contribution in [2.75, 3.05) is 6.61 Å². The molecule has 0 amide bonds. The summed E-state index contributed by atoms with van der Waals surface area (Å²) in [7, 11) is 0. The summed E-state index contributed by atoms with van der Waals surface area (Å²) in [6.45, 7) is 3.78. The fourth-order valence-electron chi connectivity index (χ4n) is 3.45. The van der Waals surface area contributed by atoms with Crippen molar-refractivity contribution in [2.45, 2.75) is 19.9 Å². The largest absolute Gasteiger partial charge is 0.463 e. The molecule has 3 aromatic rings. The number of rotatable bonds is 4. The van der Waals surface area contributed by atoms with Crippen LogP contribution in [0.25, 0.3) is 6.08 Å². The van der Waals surface area contributed by atoms with Crippen LogP contribution in [0.3, 0.4) is 0 Å². The monoisotopic (exact) mass is 438 g/mol. The van der Waals surface area contributed by atoms with E-state index in [0.717, 1.165) is 11.1 Å². The maximum Gasteiger partial charge on any atom is 0.338 e. The molecule has 0 spiro atoms. The summed E-state index contributed by atoms with van der Waals surface area (Å²) in [6.07, 6.45) is 1.81. The van der Waals surface area contributed by atoms with Crippen molar-refractivity contribution in [1.29, 1.82) is 0 Å². The number of nitrogens with zero attached hydrogens (tertiary/aromatic N) is 2. The van der Waals surface area contributed by atoms with Crippen LogP contribution in [-0.2, 0) is 9.53 Å². The van der Waals surface area contributed by atoms with Crippen LogP contribution in [0, 0.1) is 0 Å². The second-order valence-electron chi connectivity index (χ2n) is 6.76. The highest BCUT2D eigenvalue weighted by Crippen LogP contribution is 2.30. The first-order chi connectivity index (χ1) is 14.5. The number of carbonyl (C=O) groups excluding carboxylic acids is 1. The van der Waals surface area contributed by atoms with E-state index < -0.39 is 12.0 Å². The molecule has 5 nitrogen and oxygen atoms in total. The Hall–Kier alpha value is -2.96. The molecule has 0 bridgehead atoms. The Balaban J connectivity index is 1.94. The van der Waals surface area contributed by atoms with Crippen molar-refractivity contribution < 1.29 is 9.53 Å². The second kappa shape index (κ2) is 8.42. The first-order valence-corrected chi connectivity index (χ1v) is 10.7. The molecule has 0 radical (unpaired) electrons. The molecule has 2 heterocycles. The topological polar surface area (TPSA) is 60.7 Å². The molecule has 4 rings (SSSR count). The Morgan fingerprint density at radius 2 is 1.90 bits per heavy atom. The molecule has 1 aliphatic rings. The van der Waals surface area contributed by atoms with Gasteiger partial charge in [0, 0.05) is 5.02 Å². The standard InChI is InChI=1S/C23H19ClN2O3S/c1-3-29-22(28)19-14(2)25-23-26(20(19)16-7-5-4-6-8-16)21(27)18(30-23)13-15-9-11-17(24)12-10-15/h4-13,20H,3H2,1-2H3/b18-13-/t20-/m0/s1. The van der Waals surface area contributed by atoms with Crippen LogP contribution in [0.2, 0.25) is 5.02 Å². The van der Waals surface area contributed by atoms with E-state index in [2.05, 4.69) is 4.99 Å². The van der Waals surface area contributed by atoms with E-state index in [4.69, 9.17) is 16.3 Å². The zero-order valence-electron chi connectivity index (χ0n) is 16.5. The Morgan fingerprint density at radius 1 is 1.20 bits per heavy atom. The first kappa shape index (κ1) is 20.3. The number of benzene rings is 2. The maximum atomic E-state index is 13.4. The number of hydrogen-bond acceptors (Lipinski definition) is 5. The third-order valence-corrected chi connectivity index (χ3v) is 6.04. The van der Waals surface area contributed by atoms with E-state index in [0.29, 0.717) is 25.6 Å². The van der Waals surface area contributed by atoms with Crippen LogP contribution < -0.4 is 14.9 Å². The van der Waals surface area contributed by atoms with Crippen molar-refractivity contribution in [3.8, 4) is 0 Å². The Morgan fingerprint density at radius 3 is 2.57 bits per heavy atom. The Kier molecular flexibility index (Phi) is 5.70. The van der Waals surface area contributed by atoms with Gasteiger partial charge in [0.05, 0.1) is 28.5 Å². The van der Waals surface area contributed by atoms with Crippen molar-refractivity contribution in [1.82, 2.24) is 4.57 Å². The van der Waals surface area contributed by atoms with Crippen molar-refractivity contribution in [2.24, 2.45) is 4.99 Å². The minimum atomic E-state index is -0.589. The lowest BCUT2D eigenvalue weighted by atomic mass is 9.96. The molecule has 7 heteroatoms. The number of carbonyl (C=O) groups is 1. The van der Waals surface area contributed by atoms with Gasteiger partial charge >= 0.3 is 5.97 Å². The average molecular weight is 439 g/mol. The van der Waals surface area contributed by atoms with Crippen LogP contribution in [-0.4, -0.2) is 17.1 Å². The maximum absolute atomic E-state index is 13.4. The van der Waals surface area contributed by atoms with Gasteiger partial charge in [-0.25, -0.2) is 9.79 Å². The quantitative estimate of drug-likeness (QED) is 0.586. The van der Waals surface area contributed by atoms with Crippen LogP contribution in [0.15, 0.2) is 75.7 Å². The van der Waals surface area contributed by atoms with Crippen LogP contribution in [0.4, 0.5) is 0 Å². The van der Waals surface area contributed by atoms with E-state index >= 15 is 0 Å². The third-order valence-electron chi connectivity index (χ3n) is 4.80. The summed E-state index contributed by atoms with van der Waals surface area (Å²) >= 11 is 7.26. The number of aromatic nitrogens is 1. The van der Waals surface area contributed by atoms with E-state index in [9.17, 15) is 9.59 Å². The highest BCUT2D eigenvalue weighted by atomic mass is 35.5. The smallest absolute Gasteiger partial charge is 0.338 e. The zero-order valence-corrected chi connectivity index (χ0v) is 18.0. The van der Waals surface area contributed by atoms with E-state index in [-0.39, 0.29) is 12.2 Å². The average Bonchev–Trinajstić information content (AvgIpc) is 3.04. The summed E-state index contributed by atoms with van der Waals surface area (Å²) in [5.74, 6) is -0.459. The predicted octanol–water partition coefficient (Wildman–Crippen LogP) is 3.45. The number of ether oxygens (including phenoxy) is 1. The van der Waals surface area contributed by atoms with Crippen LogP contribution >= 0.6 is 22.9 Å². The highest BCUT2D eigenvalue weighted by Gasteiger charge is 2.33. The van der Waals surface area contributed by atoms with Gasteiger partial charge in [0.25, 0.3) is 5.56 Å². The van der Waals surface area contributed by atoms with Gasteiger partial charge in [0.15, 0.2) is 4.80 Å². The molecule has 1 aliphatic heterocycles. The number of esters is 1. The molecule has 0 N–H and O–H groups in total. The summed E-state index contributed by atoms with van der Waals surface area (Å²) < 4.78 is 7.40. The van der Waals surface area contributed by atoms with Crippen molar-refractivity contribution in [3.63, 3.8) is 0 Å². The fraction of sp³-hybridized carbons (Fsp3) is 0.174. The predicted molar refractivity (Wildman–Crippen MR) is 118 cm³/mol. The van der Waals surface area contributed by atoms with Gasteiger partial charge < -0.3 is 4.74 Å². The number of thiazole rings is 1. The molecule has 1 atom stereocenters. The lowest BCUT2D eigenvalue weighted by Crippen LogP contribution is -2.39.